The minimum Gasteiger partial charge on any atom is -0.394 e. The molecule has 9 nitrogen and oxygen atoms in total. The number of rotatable bonds is 6. The van der Waals surface area contributed by atoms with Crippen LogP contribution in [0.2, 0.25) is 0 Å². The van der Waals surface area contributed by atoms with Crippen LogP contribution in [0.15, 0.2) is 43.0 Å². The van der Waals surface area contributed by atoms with E-state index in [-0.39, 0.29) is 12.0 Å². The number of nitrogens with one attached hydrogen (secondary N) is 1. The van der Waals surface area contributed by atoms with Gasteiger partial charge in [0.05, 0.1) is 12.9 Å². The second-order valence-corrected chi connectivity index (χ2v) is 7.78. The summed E-state index contributed by atoms with van der Waals surface area (Å²) >= 11 is 0. The molecule has 0 bridgehead atoms. The number of nitrogens with zero attached hydrogens (tertiary/aromatic N) is 4. The van der Waals surface area contributed by atoms with Crippen molar-refractivity contribution in [3.05, 3.63) is 48.5 Å². The maximum Gasteiger partial charge on any atom is 0.167 e. The van der Waals surface area contributed by atoms with Gasteiger partial charge in [-0.05, 0) is 18.4 Å². The molecule has 5 rings (SSSR count). The van der Waals surface area contributed by atoms with Gasteiger partial charge in [0.1, 0.15) is 24.6 Å². The van der Waals surface area contributed by atoms with Gasteiger partial charge in [-0.15, -0.1) is 0 Å². The number of hydrogen-bond donors (Lipinski definition) is 4. The van der Waals surface area contributed by atoms with Crippen molar-refractivity contribution >= 4 is 17.0 Å². The lowest BCUT2D eigenvalue weighted by Gasteiger charge is -2.18. The summed E-state index contributed by atoms with van der Waals surface area (Å²) in [7, 11) is 0. The highest BCUT2D eigenvalue weighted by atomic mass is 16.6. The number of hydrogen-bond acceptors (Lipinski definition) is 8. The van der Waals surface area contributed by atoms with Gasteiger partial charge in [0.25, 0.3) is 0 Å². The highest BCUT2D eigenvalue weighted by Crippen LogP contribution is 2.48. The average molecular weight is 397 g/mol. The molecule has 1 aromatic carbocycles. The Morgan fingerprint density at radius 1 is 1.10 bits per heavy atom. The Morgan fingerprint density at radius 3 is 2.59 bits per heavy atom. The summed E-state index contributed by atoms with van der Waals surface area (Å²) in [6.45, 7) is 0.356. The number of aliphatic hydroxyl groups is 3. The lowest BCUT2D eigenvalue weighted by Crippen LogP contribution is -2.33. The highest BCUT2D eigenvalue weighted by molar-refractivity contribution is 5.82. The van der Waals surface area contributed by atoms with E-state index in [2.05, 4.69) is 44.5 Å². The van der Waals surface area contributed by atoms with Gasteiger partial charge in [0.15, 0.2) is 23.2 Å². The maximum absolute atomic E-state index is 10.3. The summed E-state index contributed by atoms with van der Waals surface area (Å²) in [5.41, 5.74) is 2.48. The molecule has 3 aromatic rings. The van der Waals surface area contributed by atoms with E-state index in [9.17, 15) is 15.3 Å². The molecule has 1 aliphatic heterocycles. The third kappa shape index (κ3) is 3.06. The van der Waals surface area contributed by atoms with Crippen LogP contribution in [-0.4, -0.2) is 66.3 Å². The van der Waals surface area contributed by atoms with E-state index in [1.807, 2.05) is 6.07 Å². The molecule has 1 aliphatic carbocycles. The molecule has 3 heterocycles. The third-order valence-electron chi connectivity index (χ3n) is 5.98. The molecule has 0 amide bonds. The van der Waals surface area contributed by atoms with Gasteiger partial charge in [-0.25, -0.2) is 15.0 Å². The standard InChI is InChI=1S/C20H23N5O4/c26-8-13-15(27)16(28)19(29-13)25-11-24-14-17(22-10-23-18(14)25)21-9-20(6-7-20)12-4-2-1-3-5-12/h1-5,10-11,13,15-16,19,26-28H,6-9H2,(H,21,22,23)/t13-,15?,16?,19-/m1/s1. The SMILES string of the molecule is OC[C@H]1O[C@@H](n2cnc3c(NCC4(c5ccccc5)CC4)ncnc32)C(O)C1O. The normalized spacial score (nSPS) is 28.0. The van der Waals surface area contributed by atoms with E-state index in [4.69, 9.17) is 4.74 Å². The first kappa shape index (κ1) is 18.4. The van der Waals surface area contributed by atoms with E-state index >= 15 is 0 Å². The van der Waals surface area contributed by atoms with Crippen LogP contribution < -0.4 is 5.32 Å². The van der Waals surface area contributed by atoms with Crippen molar-refractivity contribution in [1.29, 1.82) is 0 Å². The Hall–Kier alpha value is -2.59. The van der Waals surface area contributed by atoms with Gasteiger partial charge in [-0.3, -0.25) is 4.57 Å². The zero-order chi connectivity index (χ0) is 20.0. The first-order valence-electron chi connectivity index (χ1n) is 9.72. The van der Waals surface area contributed by atoms with Gasteiger partial charge >= 0.3 is 0 Å². The Morgan fingerprint density at radius 2 is 1.90 bits per heavy atom. The first-order chi connectivity index (χ1) is 14.1. The third-order valence-corrected chi connectivity index (χ3v) is 5.98. The van der Waals surface area contributed by atoms with E-state index < -0.39 is 24.5 Å². The summed E-state index contributed by atoms with van der Waals surface area (Å²) in [6.07, 6.45) is 1.08. The van der Waals surface area contributed by atoms with Crippen LogP contribution in [0.1, 0.15) is 24.6 Å². The van der Waals surface area contributed by atoms with Crippen molar-refractivity contribution < 1.29 is 20.1 Å². The second kappa shape index (κ2) is 7.03. The quantitative estimate of drug-likeness (QED) is 0.476. The van der Waals surface area contributed by atoms with Crippen molar-refractivity contribution in [2.45, 2.75) is 42.8 Å². The molecule has 0 radical (unpaired) electrons. The number of aliphatic hydroxyl groups excluding tert-OH is 3. The topological polar surface area (TPSA) is 126 Å². The molecule has 4 N–H and O–H groups in total. The molecule has 2 unspecified atom stereocenters. The zero-order valence-electron chi connectivity index (χ0n) is 15.7. The molecular weight excluding hydrogens is 374 g/mol. The minimum atomic E-state index is -1.19. The minimum absolute atomic E-state index is 0.115. The van der Waals surface area contributed by atoms with Gasteiger partial charge < -0.3 is 25.4 Å². The number of anilines is 1. The van der Waals surface area contributed by atoms with Crippen molar-refractivity contribution in [3.8, 4) is 0 Å². The van der Waals surface area contributed by atoms with Gasteiger partial charge in [-0.2, -0.15) is 0 Å². The van der Waals surface area contributed by atoms with Crippen molar-refractivity contribution in [2.24, 2.45) is 0 Å². The van der Waals surface area contributed by atoms with Crippen molar-refractivity contribution in [1.82, 2.24) is 19.5 Å². The van der Waals surface area contributed by atoms with Crippen molar-refractivity contribution in [3.63, 3.8) is 0 Å². The molecule has 9 heteroatoms. The molecule has 29 heavy (non-hydrogen) atoms. The van der Waals surface area contributed by atoms with Crippen LogP contribution in [0.25, 0.3) is 11.2 Å². The largest absolute Gasteiger partial charge is 0.394 e. The summed E-state index contributed by atoms with van der Waals surface area (Å²) in [5.74, 6) is 0.614. The second-order valence-electron chi connectivity index (χ2n) is 7.78. The Bertz CT molecular complexity index is 1010. The molecule has 152 valence electrons. The Kier molecular flexibility index (Phi) is 4.47. The van der Waals surface area contributed by atoms with Gasteiger partial charge in [0.2, 0.25) is 0 Å². The van der Waals surface area contributed by atoms with Crippen LogP contribution in [0.5, 0.6) is 0 Å². The van der Waals surface area contributed by atoms with Crippen LogP contribution in [-0.2, 0) is 10.2 Å². The summed E-state index contributed by atoms with van der Waals surface area (Å²) in [5, 5.41) is 33.1. The predicted octanol–water partition coefficient (Wildman–Crippen LogP) is 0.581. The van der Waals surface area contributed by atoms with E-state index in [1.165, 1.54) is 18.2 Å². The smallest absolute Gasteiger partial charge is 0.167 e. The maximum atomic E-state index is 10.3. The number of fused-ring (bicyclic) bond motifs is 1. The Balaban J connectivity index is 1.40. The first-order valence-corrected chi connectivity index (χ1v) is 9.72. The lowest BCUT2D eigenvalue weighted by molar-refractivity contribution is -0.0511. The lowest BCUT2D eigenvalue weighted by atomic mass is 9.96. The monoisotopic (exact) mass is 397 g/mol. The molecule has 1 saturated heterocycles. The summed E-state index contributed by atoms with van der Waals surface area (Å²) < 4.78 is 7.17. The summed E-state index contributed by atoms with van der Waals surface area (Å²) in [4.78, 5) is 13.0. The summed E-state index contributed by atoms with van der Waals surface area (Å²) in [6, 6.07) is 10.4. The van der Waals surface area contributed by atoms with E-state index in [0.717, 1.165) is 19.4 Å². The van der Waals surface area contributed by atoms with Gasteiger partial charge in [0, 0.05) is 12.0 Å². The molecule has 2 aliphatic rings. The molecular formula is C20H23N5O4. The van der Waals surface area contributed by atoms with Crippen molar-refractivity contribution in [2.75, 3.05) is 18.5 Å². The number of aromatic nitrogens is 4. The fraction of sp³-hybridized carbons (Fsp3) is 0.450. The van der Waals surface area contributed by atoms with Gasteiger partial charge in [-0.1, -0.05) is 30.3 Å². The van der Waals surface area contributed by atoms with Crippen LogP contribution in [0.4, 0.5) is 5.82 Å². The number of imidazole rings is 1. The van der Waals surface area contributed by atoms with E-state index in [1.54, 1.807) is 4.57 Å². The predicted molar refractivity (Wildman–Crippen MR) is 104 cm³/mol. The average Bonchev–Trinajstić information content (AvgIpc) is 3.35. The fourth-order valence-corrected chi connectivity index (χ4v) is 4.04. The van der Waals surface area contributed by atoms with Crippen LogP contribution in [0.3, 0.4) is 0 Å². The van der Waals surface area contributed by atoms with Crippen LogP contribution in [0, 0.1) is 0 Å². The number of ether oxygens (including phenoxy) is 1. The fourth-order valence-electron chi connectivity index (χ4n) is 4.04. The molecule has 4 atom stereocenters. The van der Waals surface area contributed by atoms with E-state index in [0.29, 0.717) is 17.0 Å². The molecule has 1 saturated carbocycles. The molecule has 0 spiro atoms. The molecule has 2 fully saturated rings. The zero-order valence-corrected chi connectivity index (χ0v) is 15.7. The number of benzene rings is 1. The molecule has 2 aromatic heterocycles. The van der Waals surface area contributed by atoms with Crippen LogP contribution >= 0.6 is 0 Å². The highest BCUT2D eigenvalue weighted by Gasteiger charge is 2.45. The Labute approximate surface area is 167 Å².